The molecule has 44 heavy (non-hydrogen) atoms. The van der Waals surface area contributed by atoms with E-state index in [9.17, 15) is 9.90 Å². The van der Waals surface area contributed by atoms with Crippen molar-refractivity contribution in [2.75, 3.05) is 57.2 Å². The summed E-state index contributed by atoms with van der Waals surface area (Å²) in [5, 5.41) is 23.5. The maximum Gasteiger partial charge on any atom is 0.319 e. The maximum absolute atomic E-state index is 12.3. The van der Waals surface area contributed by atoms with Crippen molar-refractivity contribution < 1.29 is 19.4 Å². The number of carbonyl (C=O) groups is 1. The fraction of sp³-hybridized carbons (Fsp3) is 0.375. The lowest BCUT2D eigenvalue weighted by atomic mass is 10.0. The van der Waals surface area contributed by atoms with E-state index < -0.39 is 0 Å². The van der Waals surface area contributed by atoms with Crippen LogP contribution in [-0.4, -0.2) is 88.4 Å². The molecular formula is C32H38N8O4. The maximum atomic E-state index is 12.3. The number of nitrogens with one attached hydrogen (secondary N) is 3. The molecule has 2 amide bonds. The highest BCUT2D eigenvalue weighted by Crippen LogP contribution is 2.35. The molecule has 1 aliphatic heterocycles. The number of benzene rings is 2. The lowest BCUT2D eigenvalue weighted by Crippen LogP contribution is -2.37. The van der Waals surface area contributed by atoms with Crippen molar-refractivity contribution in [2.24, 2.45) is 0 Å². The number of hydrogen-bond donors (Lipinski definition) is 4. The van der Waals surface area contributed by atoms with Crippen molar-refractivity contribution in [1.82, 2.24) is 30.0 Å². The first-order valence-electron chi connectivity index (χ1n) is 15.0. The Hall–Kier alpha value is -4.52. The summed E-state index contributed by atoms with van der Waals surface area (Å²) in [7, 11) is 1.56. The van der Waals surface area contributed by atoms with Gasteiger partial charge in [0, 0.05) is 54.9 Å². The van der Waals surface area contributed by atoms with Gasteiger partial charge in [0.15, 0.2) is 0 Å². The number of rotatable bonds is 12. The second-order valence-electron chi connectivity index (χ2n) is 11.0. The molecule has 230 valence electrons. The van der Waals surface area contributed by atoms with Crippen LogP contribution in [0, 0.1) is 0 Å². The van der Waals surface area contributed by atoms with Crippen LogP contribution in [0.4, 0.5) is 22.1 Å². The summed E-state index contributed by atoms with van der Waals surface area (Å²) in [6.07, 6.45) is 6.54. The number of nitrogens with zero attached hydrogens (tertiary/aromatic N) is 5. The number of ether oxygens (including phenoxy) is 2. The zero-order chi connectivity index (χ0) is 30.3. The minimum atomic E-state index is -0.255. The molecule has 6 rings (SSSR count). The van der Waals surface area contributed by atoms with E-state index in [1.54, 1.807) is 24.1 Å². The summed E-state index contributed by atoms with van der Waals surface area (Å²) < 4.78 is 12.8. The molecule has 12 nitrogen and oxygen atoms in total. The standard InChI is InChI=1S/C32H38N8O4/c1-43-29-20-23(5-8-28(29)37-32(42)35-24-6-7-24)30-26(21-40(38-30)13-16-41)27-9-11-33-31(36-27)34-25-4-2-3-22(19-25)10-12-39-14-17-44-18-15-39/h2-5,8-9,11,19-21,24,41H,6-7,10,12-18H2,1H3,(H,33,34,36)(H2,35,37,42). The molecule has 2 aromatic heterocycles. The molecule has 2 fully saturated rings. The van der Waals surface area contributed by atoms with E-state index >= 15 is 0 Å². The van der Waals surface area contributed by atoms with Gasteiger partial charge in [-0.15, -0.1) is 0 Å². The van der Waals surface area contributed by atoms with E-state index in [0.29, 0.717) is 35.3 Å². The molecule has 4 aromatic rings. The predicted molar refractivity (Wildman–Crippen MR) is 168 cm³/mol. The van der Waals surface area contributed by atoms with E-state index in [4.69, 9.17) is 19.6 Å². The average molecular weight is 599 g/mol. The number of aliphatic hydroxyl groups is 1. The summed E-state index contributed by atoms with van der Waals surface area (Å²) in [6.45, 7) is 4.81. The summed E-state index contributed by atoms with van der Waals surface area (Å²) in [4.78, 5) is 24.1. The largest absolute Gasteiger partial charge is 0.495 e. The molecule has 1 aliphatic carbocycles. The monoisotopic (exact) mass is 598 g/mol. The topological polar surface area (TPSA) is 139 Å². The van der Waals surface area contributed by atoms with Gasteiger partial charge in [-0.25, -0.2) is 14.8 Å². The molecule has 2 aliphatic rings. The Bertz CT molecular complexity index is 1580. The highest BCUT2D eigenvalue weighted by atomic mass is 16.5. The number of aromatic nitrogens is 4. The molecule has 12 heteroatoms. The normalized spacial score (nSPS) is 15.1. The molecule has 4 N–H and O–H groups in total. The van der Waals surface area contributed by atoms with Gasteiger partial charge in [-0.2, -0.15) is 5.10 Å². The van der Waals surface area contributed by atoms with E-state index in [2.05, 4.69) is 38.0 Å². The Morgan fingerprint density at radius 2 is 1.98 bits per heavy atom. The van der Waals surface area contributed by atoms with Gasteiger partial charge in [0.05, 0.1) is 44.9 Å². The number of carbonyl (C=O) groups excluding carboxylic acids is 1. The van der Waals surface area contributed by atoms with Crippen LogP contribution in [-0.2, 0) is 17.7 Å². The second-order valence-corrected chi connectivity index (χ2v) is 11.0. The quantitative estimate of drug-likeness (QED) is 0.191. The first-order chi connectivity index (χ1) is 21.6. The van der Waals surface area contributed by atoms with Gasteiger partial charge in [0.25, 0.3) is 0 Å². The van der Waals surface area contributed by atoms with Crippen molar-refractivity contribution in [2.45, 2.75) is 31.8 Å². The molecule has 0 atom stereocenters. The van der Waals surface area contributed by atoms with Crippen LogP contribution in [0.25, 0.3) is 22.5 Å². The summed E-state index contributed by atoms with van der Waals surface area (Å²) in [5.41, 5.74) is 5.61. The fourth-order valence-electron chi connectivity index (χ4n) is 5.17. The van der Waals surface area contributed by atoms with Gasteiger partial charge in [0.1, 0.15) is 11.4 Å². The van der Waals surface area contributed by atoms with E-state index in [1.165, 1.54) is 5.56 Å². The molecule has 0 spiro atoms. The van der Waals surface area contributed by atoms with Gasteiger partial charge in [0.2, 0.25) is 5.95 Å². The zero-order valence-electron chi connectivity index (χ0n) is 24.8. The van der Waals surface area contributed by atoms with Gasteiger partial charge < -0.3 is 30.5 Å². The second kappa shape index (κ2) is 13.8. The Morgan fingerprint density at radius 3 is 2.77 bits per heavy atom. The zero-order valence-corrected chi connectivity index (χ0v) is 24.8. The van der Waals surface area contributed by atoms with Gasteiger partial charge >= 0.3 is 6.03 Å². The Kier molecular flexibility index (Phi) is 9.30. The molecule has 0 radical (unpaired) electrons. The van der Waals surface area contributed by atoms with Crippen LogP contribution in [0.5, 0.6) is 5.75 Å². The SMILES string of the molecule is COc1cc(-c2nn(CCO)cc2-c2ccnc(Nc3cccc(CCN4CCOCC4)c3)n2)ccc1NC(=O)NC1CC1. The summed E-state index contributed by atoms with van der Waals surface area (Å²) in [6, 6.07) is 15.7. The van der Waals surface area contributed by atoms with Crippen molar-refractivity contribution in [3.8, 4) is 28.3 Å². The number of urea groups is 1. The van der Waals surface area contributed by atoms with Crippen LogP contribution >= 0.6 is 0 Å². The fourth-order valence-corrected chi connectivity index (χ4v) is 5.17. The number of methoxy groups -OCH3 is 1. The minimum absolute atomic E-state index is 0.0543. The summed E-state index contributed by atoms with van der Waals surface area (Å²) >= 11 is 0. The van der Waals surface area contributed by atoms with E-state index in [1.807, 2.05) is 36.5 Å². The Labute approximate surface area is 256 Å². The summed E-state index contributed by atoms with van der Waals surface area (Å²) in [5.74, 6) is 0.974. The first-order valence-corrected chi connectivity index (χ1v) is 15.0. The first kappa shape index (κ1) is 29.5. The number of morpholine rings is 1. The van der Waals surface area contributed by atoms with Gasteiger partial charge in [-0.3, -0.25) is 9.58 Å². The highest BCUT2D eigenvalue weighted by Gasteiger charge is 2.24. The molecule has 1 saturated carbocycles. The van der Waals surface area contributed by atoms with Crippen molar-refractivity contribution in [1.29, 1.82) is 0 Å². The number of hydrogen-bond acceptors (Lipinski definition) is 9. The number of amides is 2. The third kappa shape index (κ3) is 7.51. The van der Waals surface area contributed by atoms with Gasteiger partial charge in [-0.1, -0.05) is 18.2 Å². The van der Waals surface area contributed by atoms with Crippen LogP contribution in [0.1, 0.15) is 18.4 Å². The third-order valence-corrected chi connectivity index (χ3v) is 7.66. The molecule has 2 aromatic carbocycles. The Morgan fingerprint density at radius 1 is 1.11 bits per heavy atom. The molecular weight excluding hydrogens is 560 g/mol. The predicted octanol–water partition coefficient (Wildman–Crippen LogP) is 3.91. The average Bonchev–Trinajstić information content (AvgIpc) is 3.76. The van der Waals surface area contributed by atoms with Crippen LogP contribution in [0.3, 0.4) is 0 Å². The van der Waals surface area contributed by atoms with Crippen LogP contribution < -0.4 is 20.7 Å². The van der Waals surface area contributed by atoms with E-state index in [0.717, 1.165) is 68.9 Å². The molecule has 3 heterocycles. The number of anilines is 3. The lowest BCUT2D eigenvalue weighted by Gasteiger charge is -2.26. The smallest absolute Gasteiger partial charge is 0.319 e. The molecule has 0 bridgehead atoms. The van der Waals surface area contributed by atoms with Crippen molar-refractivity contribution in [3.63, 3.8) is 0 Å². The molecule has 0 unspecified atom stereocenters. The van der Waals surface area contributed by atoms with Crippen LogP contribution in [0.15, 0.2) is 60.9 Å². The highest BCUT2D eigenvalue weighted by molar-refractivity contribution is 5.92. The van der Waals surface area contributed by atoms with E-state index in [-0.39, 0.29) is 18.7 Å². The number of aliphatic hydroxyl groups excluding tert-OH is 1. The Balaban J connectivity index is 1.22. The molecule has 1 saturated heterocycles. The lowest BCUT2D eigenvalue weighted by molar-refractivity contribution is 0.0384. The van der Waals surface area contributed by atoms with Crippen molar-refractivity contribution in [3.05, 3.63) is 66.5 Å². The minimum Gasteiger partial charge on any atom is -0.495 e. The van der Waals surface area contributed by atoms with Gasteiger partial charge in [-0.05, 0) is 55.2 Å². The van der Waals surface area contributed by atoms with Crippen molar-refractivity contribution >= 4 is 23.4 Å². The van der Waals surface area contributed by atoms with Crippen LogP contribution in [0.2, 0.25) is 0 Å². The third-order valence-electron chi connectivity index (χ3n) is 7.66.